The van der Waals surface area contributed by atoms with E-state index in [2.05, 4.69) is 18.7 Å². The van der Waals surface area contributed by atoms with Crippen LogP contribution in [0.4, 0.5) is 11.4 Å². The molecule has 4 nitrogen and oxygen atoms in total. The van der Waals surface area contributed by atoms with Gasteiger partial charge in [0.25, 0.3) is 5.69 Å². The van der Waals surface area contributed by atoms with Gasteiger partial charge in [-0.15, -0.1) is 0 Å². The Balaban J connectivity index is 2.24. The third kappa shape index (κ3) is 2.93. The molecule has 0 aliphatic carbocycles. The molecule has 0 bridgehead atoms. The first-order valence-corrected chi connectivity index (χ1v) is 7.16. The minimum atomic E-state index is -0.328. The number of benzene rings is 1. The fourth-order valence-corrected chi connectivity index (χ4v) is 3.18. The third-order valence-corrected chi connectivity index (χ3v) is 4.26. The molecule has 1 aliphatic heterocycles. The number of halogens is 1. The van der Waals surface area contributed by atoms with E-state index in [4.69, 9.17) is 0 Å². The van der Waals surface area contributed by atoms with Gasteiger partial charge >= 0.3 is 0 Å². The van der Waals surface area contributed by atoms with Gasteiger partial charge in [0.05, 0.1) is 8.49 Å². The maximum atomic E-state index is 10.8. The highest BCUT2D eigenvalue weighted by molar-refractivity contribution is 14.1. The molecule has 1 aromatic carbocycles. The average molecular weight is 360 g/mol. The van der Waals surface area contributed by atoms with Gasteiger partial charge in [0.15, 0.2) is 0 Å². The number of nitro groups is 1. The second-order valence-corrected chi connectivity index (χ2v) is 6.74. The molecule has 1 heterocycles. The summed E-state index contributed by atoms with van der Waals surface area (Å²) in [7, 11) is 0. The van der Waals surface area contributed by atoms with E-state index in [-0.39, 0.29) is 10.6 Å². The van der Waals surface area contributed by atoms with Crippen LogP contribution in [-0.2, 0) is 0 Å². The van der Waals surface area contributed by atoms with E-state index in [9.17, 15) is 10.1 Å². The maximum absolute atomic E-state index is 10.8. The number of nitrogens with zero attached hydrogens (tertiary/aromatic N) is 2. The Kier molecular flexibility index (Phi) is 3.79. The monoisotopic (exact) mass is 360 g/mol. The highest BCUT2D eigenvalue weighted by atomic mass is 127. The number of hydrogen-bond acceptors (Lipinski definition) is 3. The molecule has 98 valence electrons. The first-order valence-electron chi connectivity index (χ1n) is 6.08. The van der Waals surface area contributed by atoms with Gasteiger partial charge in [-0.25, -0.2) is 0 Å². The molecular formula is C13H17IN2O2. The Bertz CT molecular complexity index is 474. The summed E-state index contributed by atoms with van der Waals surface area (Å²) in [6.07, 6.45) is 2.42. The Hall–Kier alpha value is -0.850. The van der Waals surface area contributed by atoms with Crippen LogP contribution < -0.4 is 4.90 Å². The zero-order valence-corrected chi connectivity index (χ0v) is 12.8. The molecule has 18 heavy (non-hydrogen) atoms. The maximum Gasteiger partial charge on any atom is 0.282 e. The van der Waals surface area contributed by atoms with Crippen molar-refractivity contribution in [3.63, 3.8) is 0 Å². The van der Waals surface area contributed by atoms with Gasteiger partial charge in [-0.1, -0.05) is 13.8 Å². The smallest absolute Gasteiger partial charge is 0.282 e. The Morgan fingerprint density at radius 3 is 2.72 bits per heavy atom. The van der Waals surface area contributed by atoms with Crippen LogP contribution in [0, 0.1) is 19.1 Å². The van der Waals surface area contributed by atoms with Crippen LogP contribution in [0.2, 0.25) is 0 Å². The topological polar surface area (TPSA) is 46.4 Å². The van der Waals surface area contributed by atoms with Crippen LogP contribution in [0.1, 0.15) is 26.7 Å². The van der Waals surface area contributed by atoms with Crippen molar-refractivity contribution < 1.29 is 4.92 Å². The van der Waals surface area contributed by atoms with Gasteiger partial charge in [0, 0.05) is 24.8 Å². The molecule has 0 N–H and O–H groups in total. The molecule has 1 fully saturated rings. The van der Waals surface area contributed by atoms with Crippen molar-refractivity contribution >= 4 is 34.0 Å². The normalized spacial score (nSPS) is 18.7. The lowest BCUT2D eigenvalue weighted by atomic mass is 9.84. The van der Waals surface area contributed by atoms with Crippen molar-refractivity contribution in [2.75, 3.05) is 18.0 Å². The van der Waals surface area contributed by atoms with Crippen LogP contribution in [0.3, 0.4) is 0 Å². The number of nitro benzene ring substituents is 1. The predicted octanol–water partition coefficient (Wildman–Crippen LogP) is 3.83. The SMILES string of the molecule is CC1(C)CCCN(c2ccc([N+](=O)[O-])c(I)c2)C1. The van der Waals surface area contributed by atoms with E-state index in [0.29, 0.717) is 8.99 Å². The van der Waals surface area contributed by atoms with E-state index in [1.807, 2.05) is 34.7 Å². The van der Waals surface area contributed by atoms with E-state index < -0.39 is 0 Å². The lowest BCUT2D eigenvalue weighted by molar-refractivity contribution is -0.385. The van der Waals surface area contributed by atoms with Crippen molar-refractivity contribution in [1.29, 1.82) is 0 Å². The number of rotatable bonds is 2. The largest absolute Gasteiger partial charge is 0.371 e. The highest BCUT2D eigenvalue weighted by Gasteiger charge is 2.27. The zero-order valence-electron chi connectivity index (χ0n) is 10.6. The molecule has 1 saturated heterocycles. The van der Waals surface area contributed by atoms with Crippen LogP contribution in [0.25, 0.3) is 0 Å². The summed E-state index contributed by atoms with van der Waals surface area (Å²) in [5, 5.41) is 10.8. The molecule has 1 aromatic rings. The van der Waals surface area contributed by atoms with Crippen LogP contribution in [0.5, 0.6) is 0 Å². The first kappa shape index (κ1) is 13.6. The van der Waals surface area contributed by atoms with E-state index in [1.54, 1.807) is 6.07 Å². The number of hydrogen-bond donors (Lipinski definition) is 0. The van der Waals surface area contributed by atoms with Crippen molar-refractivity contribution in [2.45, 2.75) is 26.7 Å². The van der Waals surface area contributed by atoms with Crippen molar-refractivity contribution in [2.24, 2.45) is 5.41 Å². The lowest BCUT2D eigenvalue weighted by Crippen LogP contribution is -2.40. The molecule has 0 spiro atoms. The van der Waals surface area contributed by atoms with Crippen molar-refractivity contribution in [3.05, 3.63) is 31.9 Å². The fraction of sp³-hybridized carbons (Fsp3) is 0.538. The Morgan fingerprint density at radius 2 is 2.17 bits per heavy atom. The fourth-order valence-electron chi connectivity index (χ4n) is 2.48. The molecule has 5 heteroatoms. The van der Waals surface area contributed by atoms with Gasteiger partial charge in [0.2, 0.25) is 0 Å². The molecule has 0 saturated carbocycles. The third-order valence-electron chi connectivity index (χ3n) is 3.39. The van der Waals surface area contributed by atoms with E-state index in [0.717, 1.165) is 18.8 Å². The minimum Gasteiger partial charge on any atom is -0.371 e. The highest BCUT2D eigenvalue weighted by Crippen LogP contribution is 2.33. The molecule has 0 atom stereocenters. The van der Waals surface area contributed by atoms with Crippen LogP contribution in [-0.4, -0.2) is 18.0 Å². The van der Waals surface area contributed by atoms with E-state index in [1.165, 1.54) is 12.8 Å². The van der Waals surface area contributed by atoms with Crippen molar-refractivity contribution in [1.82, 2.24) is 0 Å². The summed E-state index contributed by atoms with van der Waals surface area (Å²) in [5.74, 6) is 0. The lowest BCUT2D eigenvalue weighted by Gasteiger charge is -2.39. The van der Waals surface area contributed by atoms with Crippen LogP contribution >= 0.6 is 22.6 Å². The summed E-state index contributed by atoms with van der Waals surface area (Å²) < 4.78 is 0.707. The summed E-state index contributed by atoms with van der Waals surface area (Å²) in [4.78, 5) is 12.8. The van der Waals surface area contributed by atoms with Gasteiger partial charge < -0.3 is 4.90 Å². The van der Waals surface area contributed by atoms with Gasteiger partial charge in [-0.3, -0.25) is 10.1 Å². The standard InChI is InChI=1S/C13H17IN2O2/c1-13(2)6-3-7-15(9-13)10-4-5-12(16(17)18)11(14)8-10/h4-5,8H,3,6-7,9H2,1-2H3. The second-order valence-electron chi connectivity index (χ2n) is 5.58. The molecule has 0 aromatic heterocycles. The summed E-state index contributed by atoms with van der Waals surface area (Å²) in [6.45, 7) is 6.60. The van der Waals surface area contributed by atoms with Gasteiger partial charge in [0.1, 0.15) is 0 Å². The molecule has 0 amide bonds. The molecular weight excluding hydrogens is 343 g/mol. The van der Waals surface area contributed by atoms with Gasteiger partial charge in [-0.2, -0.15) is 0 Å². The molecule has 0 radical (unpaired) electrons. The van der Waals surface area contributed by atoms with Crippen LogP contribution in [0.15, 0.2) is 18.2 Å². The quantitative estimate of drug-likeness (QED) is 0.458. The van der Waals surface area contributed by atoms with E-state index >= 15 is 0 Å². The Morgan fingerprint density at radius 1 is 1.44 bits per heavy atom. The van der Waals surface area contributed by atoms with Crippen molar-refractivity contribution in [3.8, 4) is 0 Å². The second kappa shape index (κ2) is 5.03. The molecule has 1 aliphatic rings. The van der Waals surface area contributed by atoms with Gasteiger partial charge in [-0.05, 0) is 53.0 Å². The molecule has 2 rings (SSSR count). The summed E-state index contributed by atoms with van der Waals surface area (Å²) >= 11 is 2.04. The summed E-state index contributed by atoms with van der Waals surface area (Å²) in [6, 6.07) is 5.39. The number of piperidine rings is 1. The molecule has 0 unspecified atom stereocenters. The summed E-state index contributed by atoms with van der Waals surface area (Å²) in [5.41, 5.74) is 1.61. The minimum absolute atomic E-state index is 0.190. The predicted molar refractivity (Wildman–Crippen MR) is 81.0 cm³/mol. The first-order chi connectivity index (χ1) is 8.39. The number of anilines is 1. The average Bonchev–Trinajstić information content (AvgIpc) is 2.27. The zero-order chi connectivity index (χ0) is 13.3. The Labute approximate surface area is 121 Å².